The van der Waals surface area contributed by atoms with Crippen molar-refractivity contribution in [1.82, 2.24) is 0 Å². The molecular weight excluding hydrogens is 98.1 g/mol. The normalized spacial score (nSPS) is 9.86. The molecular formula is CH5B5S. The van der Waals surface area contributed by atoms with Gasteiger partial charge in [0.15, 0.2) is 0 Å². The Hall–Kier alpha value is 0.545. The second-order valence-electron chi connectivity index (χ2n) is 1.27. The third-order valence-corrected chi connectivity index (χ3v) is 1.07. The van der Waals surface area contributed by atoms with Crippen LogP contribution in [0.1, 0.15) is 0 Å². The van der Waals surface area contributed by atoms with Gasteiger partial charge in [0.25, 0.3) is 0 Å². The molecule has 0 aliphatic rings. The molecule has 0 atom stereocenters. The summed E-state index contributed by atoms with van der Waals surface area (Å²) in [7, 11) is 1.95. The summed E-state index contributed by atoms with van der Waals surface area (Å²) in [6.07, 6.45) is 1.97. The molecule has 0 aliphatic heterocycles. The first-order valence-electron chi connectivity index (χ1n) is 2.12. The number of hydrogen-bond donors (Lipinski definition) is 0. The summed E-state index contributed by atoms with van der Waals surface area (Å²) in [5.74, 6) is 0. The molecule has 0 bridgehead atoms. The number of rotatable bonds is 1. The molecule has 0 N–H and O–H groups in total. The fourth-order valence-electron chi connectivity index (χ4n) is 0.202. The van der Waals surface area contributed by atoms with Crippen molar-refractivity contribution in [3.63, 3.8) is 0 Å². The molecule has 0 nitrogen and oxygen atoms in total. The molecule has 0 aliphatic carbocycles. The van der Waals surface area contributed by atoms with Gasteiger partial charge in [0.1, 0.15) is 0 Å². The molecule has 30 valence electrons. The summed E-state index contributed by atoms with van der Waals surface area (Å²) >= 11 is 0. The van der Waals surface area contributed by atoms with Gasteiger partial charge in [-0.2, -0.15) is 0 Å². The Balaban J connectivity index is 3.80. The van der Waals surface area contributed by atoms with E-state index in [1.807, 2.05) is 33.4 Å². The van der Waals surface area contributed by atoms with Gasteiger partial charge in [-0.15, -0.1) is 0 Å². The molecule has 0 rings (SSSR count). The molecule has 0 saturated carbocycles. The van der Waals surface area contributed by atoms with Gasteiger partial charge in [0.05, 0.1) is 0 Å². The van der Waals surface area contributed by atoms with Gasteiger partial charge in [-0.3, -0.25) is 0 Å². The van der Waals surface area contributed by atoms with E-state index in [1.165, 1.54) is 0 Å². The second-order valence-corrected chi connectivity index (χ2v) is 2.76. The van der Waals surface area contributed by atoms with E-state index in [4.69, 9.17) is 6.53 Å². The average Bonchev–Trinajstić information content (AvgIpc) is 1.61. The minimum atomic E-state index is -0.0273. The van der Waals surface area contributed by atoms with Crippen LogP contribution in [-0.4, -0.2) is 40.0 Å². The zero-order valence-electron chi connectivity index (χ0n) is 4.72. The van der Waals surface area contributed by atoms with E-state index in [0.29, 0.717) is 0 Å². The van der Waals surface area contributed by atoms with Crippen molar-refractivity contribution in [2.24, 2.45) is 0 Å². The maximum atomic E-state index is 5.40. The van der Waals surface area contributed by atoms with Gasteiger partial charge in [-0.25, -0.2) is 0 Å². The summed E-state index contributed by atoms with van der Waals surface area (Å²) in [5, 5.41) is 0. The second kappa shape index (κ2) is 4.70. The van der Waals surface area contributed by atoms with Crippen LogP contribution in [-0.2, 0) is 0 Å². The predicted octanol–water partition coefficient (Wildman–Crippen LogP) is -1.63. The van der Waals surface area contributed by atoms with E-state index in [2.05, 4.69) is 0 Å². The first kappa shape index (κ1) is 7.54. The van der Waals surface area contributed by atoms with Gasteiger partial charge in [-0.05, 0) is 0 Å². The molecule has 0 saturated heterocycles. The van der Waals surface area contributed by atoms with Crippen molar-refractivity contribution in [2.45, 2.75) is 0 Å². The summed E-state index contributed by atoms with van der Waals surface area (Å²) in [6.45, 7) is 9.33. The van der Waals surface area contributed by atoms with E-state index in [1.54, 1.807) is 0 Å². The third-order valence-electron chi connectivity index (χ3n) is 0.486. The van der Waals surface area contributed by atoms with Gasteiger partial charge >= 0.3 is 49.5 Å². The SMILES string of the molecule is B#S(C)=BB=BB. The fourth-order valence-corrected chi connectivity index (χ4v) is 0.607. The van der Waals surface area contributed by atoms with Crippen LogP contribution in [0.3, 0.4) is 0 Å². The minimum absolute atomic E-state index is 0.0273. The summed E-state index contributed by atoms with van der Waals surface area (Å²) in [5.41, 5.74) is 0. The van der Waals surface area contributed by atoms with Crippen LogP contribution in [0.2, 0.25) is 0 Å². The van der Waals surface area contributed by atoms with Gasteiger partial charge in [0, 0.05) is 0 Å². The van der Waals surface area contributed by atoms with Gasteiger partial charge in [0.2, 0.25) is 0 Å². The molecule has 0 radical (unpaired) electrons. The van der Waals surface area contributed by atoms with E-state index >= 15 is 0 Å². The monoisotopic (exact) mass is 104 g/mol. The summed E-state index contributed by atoms with van der Waals surface area (Å²) in [6, 6.07) is 1.97. The van der Waals surface area contributed by atoms with Gasteiger partial charge < -0.3 is 0 Å². The van der Waals surface area contributed by atoms with Crippen molar-refractivity contribution >= 4 is 43.3 Å². The molecule has 0 heterocycles. The van der Waals surface area contributed by atoms with E-state index in [9.17, 15) is 0 Å². The van der Waals surface area contributed by atoms with E-state index < -0.39 is 0 Å². The predicted molar refractivity (Wildman–Crippen MR) is 45.1 cm³/mol. The van der Waals surface area contributed by atoms with Crippen molar-refractivity contribution in [3.8, 4) is 0 Å². The zero-order chi connectivity index (χ0) is 5.70. The Morgan fingerprint density at radius 2 is 2.29 bits per heavy atom. The van der Waals surface area contributed by atoms with Crippen LogP contribution in [0.5, 0.6) is 0 Å². The Morgan fingerprint density at radius 3 is 2.43 bits per heavy atom. The molecule has 0 aromatic heterocycles. The molecule has 0 amide bonds. The molecule has 0 aromatic carbocycles. The topological polar surface area (TPSA) is 0 Å². The first-order chi connectivity index (χ1) is 3.27. The molecule has 7 heavy (non-hydrogen) atoms. The van der Waals surface area contributed by atoms with Crippen LogP contribution >= 0.6 is 9.56 Å². The Bertz CT molecular complexity index is 171. The van der Waals surface area contributed by atoms with Crippen LogP contribution in [0.25, 0.3) is 0 Å². The van der Waals surface area contributed by atoms with Crippen LogP contribution in [0.15, 0.2) is 0 Å². The molecule has 0 spiro atoms. The standard InChI is InChI=1S/CH5B5S/c1-7(3)6-5-4-2/h2H2,1H3. The maximum absolute atomic E-state index is 5.40. The molecule has 0 fully saturated rings. The number of hydrogen-bond acceptors (Lipinski definition) is 0. The van der Waals surface area contributed by atoms with Crippen molar-refractivity contribution in [3.05, 3.63) is 0 Å². The van der Waals surface area contributed by atoms with Crippen molar-refractivity contribution < 1.29 is 0 Å². The summed E-state index contributed by atoms with van der Waals surface area (Å²) in [4.78, 5) is 0. The van der Waals surface area contributed by atoms with Crippen LogP contribution in [0, 0.1) is 0 Å². The molecule has 0 unspecified atom stereocenters. The van der Waals surface area contributed by atoms with E-state index in [0.717, 1.165) is 0 Å². The van der Waals surface area contributed by atoms with E-state index in [-0.39, 0.29) is 9.56 Å². The van der Waals surface area contributed by atoms with Crippen LogP contribution < -0.4 is 0 Å². The zero-order valence-corrected chi connectivity index (χ0v) is 5.53. The quantitative estimate of drug-likeness (QED) is 0.350. The first-order valence-corrected chi connectivity index (χ1v) is 3.88. The molecule has 0 aromatic rings. The Morgan fingerprint density at radius 1 is 1.71 bits per heavy atom. The van der Waals surface area contributed by atoms with Gasteiger partial charge in [-0.1, -0.05) is 0 Å². The van der Waals surface area contributed by atoms with Crippen LogP contribution in [0.4, 0.5) is 0 Å². The average molecular weight is 103 g/mol. The van der Waals surface area contributed by atoms with Crippen molar-refractivity contribution in [2.75, 3.05) is 6.26 Å². The third kappa shape index (κ3) is 6.54. The Labute approximate surface area is 50.1 Å². The summed E-state index contributed by atoms with van der Waals surface area (Å²) < 4.78 is 0. The Kier molecular flexibility index (Phi) is 5.06. The van der Waals surface area contributed by atoms with Crippen molar-refractivity contribution in [1.29, 1.82) is 0 Å². The fraction of sp³-hybridized carbons (Fsp3) is 1.00. The molecule has 6 heteroatoms.